The Morgan fingerprint density at radius 1 is 1.17 bits per heavy atom. The number of hydrogen-bond donors (Lipinski definition) is 0. The zero-order chi connectivity index (χ0) is 8.44. The molecule has 0 aliphatic heterocycles. The van der Waals surface area contributed by atoms with E-state index in [0.29, 0.717) is 5.41 Å². The molecule has 66 valence electrons. The molecule has 0 aromatic heterocycles. The molecule has 0 radical (unpaired) electrons. The largest absolute Gasteiger partial charge is 0.298 e. The van der Waals surface area contributed by atoms with Crippen molar-refractivity contribution in [2.45, 2.75) is 44.9 Å². The van der Waals surface area contributed by atoms with E-state index in [2.05, 4.69) is 6.08 Å². The van der Waals surface area contributed by atoms with Crippen LogP contribution < -0.4 is 0 Å². The molecule has 0 unspecified atom stereocenters. The predicted octanol–water partition coefficient (Wildman–Crippen LogP) is 2.86. The van der Waals surface area contributed by atoms with Crippen LogP contribution in [0, 0.1) is 5.41 Å². The minimum atomic E-state index is 0.453. The van der Waals surface area contributed by atoms with E-state index in [9.17, 15) is 4.79 Å². The molecule has 1 fully saturated rings. The van der Waals surface area contributed by atoms with Gasteiger partial charge in [0.1, 0.15) is 6.29 Å². The summed E-state index contributed by atoms with van der Waals surface area (Å²) in [7, 11) is 0. The Morgan fingerprint density at radius 2 is 1.83 bits per heavy atom. The lowest BCUT2D eigenvalue weighted by molar-refractivity contribution is -0.105. The van der Waals surface area contributed by atoms with Gasteiger partial charge in [-0.1, -0.05) is 18.9 Å². The predicted molar refractivity (Wildman–Crippen MR) is 48.9 cm³/mol. The fourth-order valence-electron chi connectivity index (χ4n) is 2.75. The Bertz CT molecular complexity index is 209. The molecule has 12 heavy (non-hydrogen) atoms. The first-order valence-electron chi connectivity index (χ1n) is 5.02. The van der Waals surface area contributed by atoms with E-state index in [0.717, 1.165) is 18.3 Å². The number of rotatable bonds is 1. The molecule has 0 aromatic carbocycles. The first-order chi connectivity index (χ1) is 5.85. The van der Waals surface area contributed by atoms with Crippen LogP contribution >= 0.6 is 0 Å². The molecule has 1 spiro atoms. The van der Waals surface area contributed by atoms with E-state index >= 15 is 0 Å². The minimum Gasteiger partial charge on any atom is -0.298 e. The van der Waals surface area contributed by atoms with Crippen molar-refractivity contribution in [3.05, 3.63) is 11.6 Å². The molecular formula is C11H16O. The first kappa shape index (κ1) is 8.03. The number of carbonyl (C=O) groups is 1. The molecule has 0 saturated heterocycles. The molecule has 1 nitrogen and oxygen atoms in total. The SMILES string of the molecule is O=CC1=CC2(CCCC2)CCC1. The maximum absolute atomic E-state index is 10.6. The topological polar surface area (TPSA) is 17.1 Å². The van der Waals surface area contributed by atoms with Gasteiger partial charge < -0.3 is 0 Å². The van der Waals surface area contributed by atoms with Crippen LogP contribution in [0.15, 0.2) is 11.6 Å². The number of aldehydes is 1. The van der Waals surface area contributed by atoms with Gasteiger partial charge in [0, 0.05) is 0 Å². The Labute approximate surface area is 73.8 Å². The van der Waals surface area contributed by atoms with E-state index < -0.39 is 0 Å². The zero-order valence-electron chi connectivity index (χ0n) is 7.51. The molecule has 0 bridgehead atoms. The monoisotopic (exact) mass is 164 g/mol. The number of allylic oxidation sites excluding steroid dienone is 2. The molecule has 0 aromatic rings. The van der Waals surface area contributed by atoms with E-state index in [1.165, 1.54) is 38.5 Å². The van der Waals surface area contributed by atoms with E-state index in [1.807, 2.05) is 0 Å². The molecule has 0 N–H and O–H groups in total. The minimum absolute atomic E-state index is 0.453. The maximum Gasteiger partial charge on any atom is 0.145 e. The lowest BCUT2D eigenvalue weighted by atomic mass is 9.75. The van der Waals surface area contributed by atoms with Crippen molar-refractivity contribution in [2.24, 2.45) is 5.41 Å². The Hall–Kier alpha value is -0.590. The quantitative estimate of drug-likeness (QED) is 0.545. The smallest absolute Gasteiger partial charge is 0.145 e. The fraction of sp³-hybridized carbons (Fsp3) is 0.727. The molecule has 2 rings (SSSR count). The van der Waals surface area contributed by atoms with Crippen molar-refractivity contribution in [2.75, 3.05) is 0 Å². The summed E-state index contributed by atoms with van der Waals surface area (Å²) in [6, 6.07) is 0. The number of hydrogen-bond acceptors (Lipinski definition) is 1. The molecule has 2 aliphatic carbocycles. The van der Waals surface area contributed by atoms with Crippen LogP contribution in [0.25, 0.3) is 0 Å². The zero-order valence-corrected chi connectivity index (χ0v) is 7.51. The first-order valence-corrected chi connectivity index (χ1v) is 5.02. The highest BCUT2D eigenvalue weighted by Crippen LogP contribution is 2.46. The highest BCUT2D eigenvalue weighted by atomic mass is 16.1. The van der Waals surface area contributed by atoms with Gasteiger partial charge in [-0.2, -0.15) is 0 Å². The van der Waals surface area contributed by atoms with E-state index in [-0.39, 0.29) is 0 Å². The summed E-state index contributed by atoms with van der Waals surface area (Å²) in [5, 5.41) is 0. The summed E-state index contributed by atoms with van der Waals surface area (Å²) >= 11 is 0. The van der Waals surface area contributed by atoms with Crippen molar-refractivity contribution >= 4 is 6.29 Å². The molecule has 0 atom stereocenters. The van der Waals surface area contributed by atoms with Crippen LogP contribution in [-0.4, -0.2) is 6.29 Å². The van der Waals surface area contributed by atoms with Crippen LogP contribution in [-0.2, 0) is 4.79 Å². The second-order valence-corrected chi connectivity index (χ2v) is 4.26. The molecular weight excluding hydrogens is 148 g/mol. The van der Waals surface area contributed by atoms with Gasteiger partial charge in [-0.25, -0.2) is 0 Å². The molecule has 0 amide bonds. The standard InChI is InChI=1S/C11H16O/c12-9-10-4-3-7-11(8-10)5-1-2-6-11/h8-9H,1-7H2. The van der Waals surface area contributed by atoms with Gasteiger partial charge in [0.05, 0.1) is 0 Å². The van der Waals surface area contributed by atoms with Crippen molar-refractivity contribution in [3.63, 3.8) is 0 Å². The van der Waals surface area contributed by atoms with Gasteiger partial charge in [-0.15, -0.1) is 0 Å². The number of carbonyl (C=O) groups excluding carboxylic acids is 1. The van der Waals surface area contributed by atoms with Crippen LogP contribution in [0.5, 0.6) is 0 Å². The summed E-state index contributed by atoms with van der Waals surface area (Å²) in [6.45, 7) is 0. The van der Waals surface area contributed by atoms with Gasteiger partial charge in [-0.05, 0) is 43.1 Å². The average Bonchev–Trinajstić information content (AvgIpc) is 2.53. The third-order valence-electron chi connectivity index (χ3n) is 3.38. The molecule has 1 heteroatoms. The summed E-state index contributed by atoms with van der Waals surface area (Å²) < 4.78 is 0. The van der Waals surface area contributed by atoms with Crippen molar-refractivity contribution in [1.82, 2.24) is 0 Å². The average molecular weight is 164 g/mol. The van der Waals surface area contributed by atoms with Crippen molar-refractivity contribution < 1.29 is 4.79 Å². The van der Waals surface area contributed by atoms with Gasteiger partial charge in [0.15, 0.2) is 0 Å². The Balaban J connectivity index is 2.19. The summed E-state index contributed by atoms with van der Waals surface area (Å²) in [5.41, 5.74) is 1.51. The fourth-order valence-corrected chi connectivity index (χ4v) is 2.75. The normalized spacial score (nSPS) is 27.2. The second kappa shape index (κ2) is 3.04. The Morgan fingerprint density at radius 3 is 2.50 bits per heavy atom. The van der Waals surface area contributed by atoms with Crippen molar-refractivity contribution in [3.8, 4) is 0 Å². The van der Waals surface area contributed by atoms with Crippen LogP contribution in [0.1, 0.15) is 44.9 Å². The molecule has 1 saturated carbocycles. The lowest BCUT2D eigenvalue weighted by Gasteiger charge is -2.29. The summed E-state index contributed by atoms with van der Waals surface area (Å²) in [5.74, 6) is 0. The third kappa shape index (κ3) is 1.33. The van der Waals surface area contributed by atoms with Gasteiger partial charge in [0.25, 0.3) is 0 Å². The van der Waals surface area contributed by atoms with Crippen LogP contribution in [0.2, 0.25) is 0 Å². The van der Waals surface area contributed by atoms with Gasteiger partial charge >= 0.3 is 0 Å². The highest BCUT2D eigenvalue weighted by Gasteiger charge is 2.33. The maximum atomic E-state index is 10.6. The lowest BCUT2D eigenvalue weighted by Crippen LogP contribution is -2.17. The Kier molecular flexibility index (Phi) is 2.03. The van der Waals surface area contributed by atoms with Gasteiger partial charge in [0.2, 0.25) is 0 Å². The summed E-state index contributed by atoms with van der Waals surface area (Å²) in [6.07, 6.45) is 12.3. The second-order valence-electron chi connectivity index (χ2n) is 4.26. The highest BCUT2D eigenvalue weighted by molar-refractivity contribution is 5.73. The van der Waals surface area contributed by atoms with Crippen LogP contribution in [0.3, 0.4) is 0 Å². The molecule has 0 heterocycles. The van der Waals surface area contributed by atoms with E-state index in [1.54, 1.807) is 0 Å². The summed E-state index contributed by atoms with van der Waals surface area (Å²) in [4.78, 5) is 10.6. The third-order valence-corrected chi connectivity index (χ3v) is 3.38. The molecule has 2 aliphatic rings. The van der Waals surface area contributed by atoms with E-state index in [4.69, 9.17) is 0 Å². The van der Waals surface area contributed by atoms with Crippen molar-refractivity contribution in [1.29, 1.82) is 0 Å². The van der Waals surface area contributed by atoms with Crippen LogP contribution in [0.4, 0.5) is 0 Å². The van der Waals surface area contributed by atoms with Gasteiger partial charge in [-0.3, -0.25) is 4.79 Å².